The number of likely N-dealkylation sites (N-methyl/N-ethyl adjacent to an activating group) is 1. The maximum atomic E-state index is 6.11. The summed E-state index contributed by atoms with van der Waals surface area (Å²) in [6.07, 6.45) is 0.956. The zero-order chi connectivity index (χ0) is 12.1. The third kappa shape index (κ3) is 3.11. The van der Waals surface area contributed by atoms with E-state index in [2.05, 4.69) is 43.6 Å². The van der Waals surface area contributed by atoms with Crippen LogP contribution in [-0.2, 0) is 0 Å². The van der Waals surface area contributed by atoms with E-state index in [9.17, 15) is 0 Å². The molecule has 2 N–H and O–H groups in total. The summed E-state index contributed by atoms with van der Waals surface area (Å²) < 4.78 is 0. The van der Waals surface area contributed by atoms with Crippen LogP contribution in [0.15, 0.2) is 36.4 Å². The van der Waals surface area contributed by atoms with E-state index in [0.717, 1.165) is 18.5 Å². The van der Waals surface area contributed by atoms with Crippen LogP contribution in [0.25, 0.3) is 0 Å². The lowest BCUT2D eigenvalue weighted by Gasteiger charge is -2.24. The normalized spacial score (nSPS) is 12.2. The van der Waals surface area contributed by atoms with Crippen LogP contribution < -0.4 is 10.6 Å². The minimum atomic E-state index is 0.115. The number of hydrogen-bond acceptors (Lipinski definition) is 2. The molecule has 0 spiro atoms. The topological polar surface area (TPSA) is 29.3 Å². The summed E-state index contributed by atoms with van der Waals surface area (Å²) in [7, 11) is 2.08. The molecule has 0 heterocycles. The molecule has 1 atom stereocenters. The zero-order valence-electron chi connectivity index (χ0n) is 10.5. The van der Waals surface area contributed by atoms with Crippen molar-refractivity contribution < 1.29 is 0 Å². The molecule has 0 aliphatic carbocycles. The van der Waals surface area contributed by atoms with Gasteiger partial charge in [-0.3, -0.25) is 0 Å². The zero-order valence-corrected chi connectivity index (χ0v) is 10.5. The Morgan fingerprint density at radius 1 is 1.44 bits per heavy atom. The Morgan fingerprint density at radius 2 is 2.06 bits per heavy atom. The van der Waals surface area contributed by atoms with E-state index >= 15 is 0 Å². The Labute approximate surface area is 98.8 Å². The van der Waals surface area contributed by atoms with Gasteiger partial charge in [0.1, 0.15) is 0 Å². The number of hydrogen-bond donors (Lipinski definition) is 1. The van der Waals surface area contributed by atoms with Crippen LogP contribution in [0.2, 0.25) is 0 Å². The van der Waals surface area contributed by atoms with Gasteiger partial charge in [0.2, 0.25) is 0 Å². The molecule has 0 aromatic heterocycles. The van der Waals surface area contributed by atoms with Crippen LogP contribution in [0.5, 0.6) is 0 Å². The van der Waals surface area contributed by atoms with Crippen molar-refractivity contribution in [3.05, 3.63) is 42.0 Å². The molecule has 88 valence electrons. The van der Waals surface area contributed by atoms with Crippen molar-refractivity contribution in [1.29, 1.82) is 0 Å². The molecule has 0 saturated carbocycles. The fraction of sp³-hybridized carbons (Fsp3) is 0.429. The standard InChI is InChI=1S/C14H22N2/c1-5-13(15)12-8-6-7-9-14(12)16(4)10-11(2)3/h6-9,13H,2,5,10,15H2,1,3-4H3. The highest BCUT2D eigenvalue weighted by Gasteiger charge is 2.11. The first kappa shape index (κ1) is 12.8. The minimum Gasteiger partial charge on any atom is -0.370 e. The second-order valence-corrected chi connectivity index (χ2v) is 4.39. The molecule has 1 unspecified atom stereocenters. The molecule has 1 aromatic rings. The van der Waals surface area contributed by atoms with Crippen LogP contribution in [0.4, 0.5) is 5.69 Å². The van der Waals surface area contributed by atoms with Gasteiger partial charge in [-0.25, -0.2) is 0 Å². The van der Waals surface area contributed by atoms with E-state index in [1.807, 2.05) is 13.0 Å². The van der Waals surface area contributed by atoms with E-state index in [1.54, 1.807) is 0 Å². The van der Waals surface area contributed by atoms with Gasteiger partial charge in [-0.15, -0.1) is 0 Å². The maximum absolute atomic E-state index is 6.11. The van der Waals surface area contributed by atoms with Crippen LogP contribution in [0.3, 0.4) is 0 Å². The molecular weight excluding hydrogens is 196 g/mol. The molecule has 0 aliphatic rings. The highest BCUT2D eigenvalue weighted by atomic mass is 15.1. The summed E-state index contributed by atoms with van der Waals surface area (Å²) in [5.41, 5.74) is 9.69. The summed E-state index contributed by atoms with van der Waals surface area (Å²) in [5.74, 6) is 0. The van der Waals surface area contributed by atoms with E-state index in [1.165, 1.54) is 11.3 Å². The number of benzene rings is 1. The minimum absolute atomic E-state index is 0.115. The maximum Gasteiger partial charge on any atom is 0.0414 e. The average Bonchev–Trinajstić information content (AvgIpc) is 2.27. The van der Waals surface area contributed by atoms with Crippen LogP contribution in [-0.4, -0.2) is 13.6 Å². The Hall–Kier alpha value is -1.28. The third-order valence-corrected chi connectivity index (χ3v) is 2.69. The summed E-state index contributed by atoms with van der Waals surface area (Å²) in [4.78, 5) is 2.20. The summed E-state index contributed by atoms with van der Waals surface area (Å²) in [5, 5.41) is 0. The Bertz CT molecular complexity index is 358. The lowest BCUT2D eigenvalue weighted by atomic mass is 10.0. The van der Waals surface area contributed by atoms with Gasteiger partial charge >= 0.3 is 0 Å². The van der Waals surface area contributed by atoms with Gasteiger partial charge in [0.05, 0.1) is 0 Å². The molecule has 16 heavy (non-hydrogen) atoms. The van der Waals surface area contributed by atoms with Crippen molar-refractivity contribution in [2.45, 2.75) is 26.3 Å². The highest BCUT2D eigenvalue weighted by Crippen LogP contribution is 2.26. The van der Waals surface area contributed by atoms with Crippen molar-refractivity contribution in [3.8, 4) is 0 Å². The number of para-hydroxylation sites is 1. The summed E-state index contributed by atoms with van der Waals surface area (Å²) in [6.45, 7) is 8.96. The lowest BCUT2D eigenvalue weighted by Crippen LogP contribution is -2.22. The van der Waals surface area contributed by atoms with E-state index < -0.39 is 0 Å². The van der Waals surface area contributed by atoms with Crippen molar-refractivity contribution in [2.75, 3.05) is 18.5 Å². The smallest absolute Gasteiger partial charge is 0.0414 e. The molecule has 1 rings (SSSR count). The first-order valence-corrected chi connectivity index (χ1v) is 5.76. The monoisotopic (exact) mass is 218 g/mol. The van der Waals surface area contributed by atoms with E-state index in [-0.39, 0.29) is 6.04 Å². The number of nitrogens with zero attached hydrogens (tertiary/aromatic N) is 1. The Kier molecular flexibility index (Phi) is 4.56. The lowest BCUT2D eigenvalue weighted by molar-refractivity contribution is 0.696. The fourth-order valence-corrected chi connectivity index (χ4v) is 1.86. The van der Waals surface area contributed by atoms with Crippen LogP contribution in [0.1, 0.15) is 31.9 Å². The van der Waals surface area contributed by atoms with Gasteiger partial charge in [-0.1, -0.05) is 37.3 Å². The predicted molar refractivity (Wildman–Crippen MR) is 71.7 cm³/mol. The largest absolute Gasteiger partial charge is 0.370 e. The first-order chi connectivity index (χ1) is 7.56. The van der Waals surface area contributed by atoms with Gasteiger partial charge in [0, 0.05) is 25.3 Å². The quantitative estimate of drug-likeness (QED) is 0.769. The number of rotatable bonds is 5. The van der Waals surface area contributed by atoms with E-state index in [0.29, 0.717) is 0 Å². The van der Waals surface area contributed by atoms with Gasteiger partial charge in [-0.05, 0) is 25.0 Å². The SMILES string of the molecule is C=C(C)CN(C)c1ccccc1C(N)CC. The van der Waals surface area contributed by atoms with E-state index in [4.69, 9.17) is 5.73 Å². The predicted octanol–water partition coefficient (Wildman–Crippen LogP) is 3.11. The number of anilines is 1. The molecule has 0 aliphatic heterocycles. The molecule has 2 heteroatoms. The Morgan fingerprint density at radius 3 is 2.62 bits per heavy atom. The summed E-state index contributed by atoms with van der Waals surface area (Å²) in [6, 6.07) is 8.44. The van der Waals surface area contributed by atoms with Crippen molar-refractivity contribution in [2.24, 2.45) is 5.73 Å². The second-order valence-electron chi connectivity index (χ2n) is 4.39. The molecule has 0 saturated heterocycles. The summed E-state index contributed by atoms with van der Waals surface area (Å²) >= 11 is 0. The van der Waals surface area contributed by atoms with Crippen molar-refractivity contribution >= 4 is 5.69 Å². The van der Waals surface area contributed by atoms with Gasteiger partial charge in [0.15, 0.2) is 0 Å². The fourth-order valence-electron chi connectivity index (χ4n) is 1.86. The van der Waals surface area contributed by atoms with Gasteiger partial charge < -0.3 is 10.6 Å². The molecule has 1 aromatic carbocycles. The molecule has 0 amide bonds. The van der Waals surface area contributed by atoms with Crippen molar-refractivity contribution in [3.63, 3.8) is 0 Å². The van der Waals surface area contributed by atoms with Crippen LogP contribution in [0, 0.1) is 0 Å². The molecule has 0 radical (unpaired) electrons. The second kappa shape index (κ2) is 5.71. The molecule has 0 fully saturated rings. The number of nitrogens with two attached hydrogens (primary N) is 1. The van der Waals surface area contributed by atoms with Gasteiger partial charge in [0.25, 0.3) is 0 Å². The van der Waals surface area contributed by atoms with Crippen LogP contribution >= 0.6 is 0 Å². The Balaban J connectivity index is 2.98. The molecule has 0 bridgehead atoms. The highest BCUT2D eigenvalue weighted by molar-refractivity contribution is 5.55. The third-order valence-electron chi connectivity index (χ3n) is 2.69. The molecule has 2 nitrogen and oxygen atoms in total. The average molecular weight is 218 g/mol. The van der Waals surface area contributed by atoms with Gasteiger partial charge in [-0.2, -0.15) is 0 Å². The first-order valence-electron chi connectivity index (χ1n) is 5.76. The van der Waals surface area contributed by atoms with Crippen molar-refractivity contribution in [1.82, 2.24) is 0 Å². The molecular formula is C14H22N2.